The maximum atomic E-state index is 12.4. The van der Waals surface area contributed by atoms with Crippen molar-refractivity contribution < 1.29 is 4.79 Å². The minimum Gasteiger partial charge on any atom is -0.354 e. The van der Waals surface area contributed by atoms with E-state index in [0.29, 0.717) is 12.1 Å². The van der Waals surface area contributed by atoms with Crippen LogP contribution in [0.1, 0.15) is 28.9 Å². The highest BCUT2D eigenvalue weighted by Crippen LogP contribution is 2.15. The number of carbonyl (C=O) groups is 1. The van der Waals surface area contributed by atoms with Crippen LogP contribution in [0.15, 0.2) is 54.7 Å². The molecule has 0 saturated carbocycles. The summed E-state index contributed by atoms with van der Waals surface area (Å²) in [7, 11) is 0. The van der Waals surface area contributed by atoms with E-state index in [4.69, 9.17) is 0 Å². The summed E-state index contributed by atoms with van der Waals surface area (Å²) in [6.45, 7) is 7.98. The fraction of sp³-hybridized carbons (Fsp3) is 0.375. The summed E-state index contributed by atoms with van der Waals surface area (Å²) in [6, 6.07) is 15.7. The van der Waals surface area contributed by atoms with Crippen molar-refractivity contribution in [1.82, 2.24) is 20.2 Å². The number of rotatable bonds is 7. The van der Waals surface area contributed by atoms with E-state index < -0.39 is 0 Å². The van der Waals surface area contributed by atoms with Gasteiger partial charge in [0.15, 0.2) is 0 Å². The van der Waals surface area contributed by atoms with Crippen molar-refractivity contribution in [2.24, 2.45) is 0 Å². The molecule has 4 rings (SSSR count). The average Bonchev–Trinajstić information content (AvgIpc) is 2.79. The molecule has 1 N–H and O–H groups in total. The Morgan fingerprint density at radius 3 is 2.73 bits per heavy atom. The Kier molecular flexibility index (Phi) is 6.54. The van der Waals surface area contributed by atoms with E-state index in [9.17, 15) is 4.79 Å². The van der Waals surface area contributed by atoms with Gasteiger partial charge in [-0.2, -0.15) is 0 Å². The second-order valence-corrected chi connectivity index (χ2v) is 7.84. The van der Waals surface area contributed by atoms with Crippen LogP contribution in [0.25, 0.3) is 10.9 Å². The molecule has 0 unspecified atom stereocenters. The SMILES string of the molecule is Cc1cccc(N2CCN(CCCCNC(=O)c3ccc4ncccc4c3)CC2)n1. The number of anilines is 1. The third kappa shape index (κ3) is 5.13. The van der Waals surface area contributed by atoms with Crippen molar-refractivity contribution in [3.8, 4) is 0 Å². The van der Waals surface area contributed by atoms with Crippen LogP contribution >= 0.6 is 0 Å². The number of nitrogens with one attached hydrogen (secondary N) is 1. The summed E-state index contributed by atoms with van der Waals surface area (Å²) in [4.78, 5) is 26.2. The molecule has 1 aliphatic heterocycles. The summed E-state index contributed by atoms with van der Waals surface area (Å²) < 4.78 is 0. The lowest BCUT2D eigenvalue weighted by Crippen LogP contribution is -2.47. The summed E-state index contributed by atoms with van der Waals surface area (Å²) in [6.07, 6.45) is 3.84. The smallest absolute Gasteiger partial charge is 0.251 e. The van der Waals surface area contributed by atoms with Crippen molar-refractivity contribution in [2.45, 2.75) is 19.8 Å². The molecule has 0 spiro atoms. The summed E-state index contributed by atoms with van der Waals surface area (Å²) in [5.74, 6) is 1.07. The molecule has 6 nitrogen and oxygen atoms in total. The Morgan fingerprint density at radius 2 is 1.90 bits per heavy atom. The number of amides is 1. The molecule has 1 saturated heterocycles. The minimum absolute atomic E-state index is 0.0139. The van der Waals surface area contributed by atoms with Crippen molar-refractivity contribution in [3.05, 3.63) is 66.0 Å². The Bertz CT molecular complexity index is 998. The zero-order valence-corrected chi connectivity index (χ0v) is 17.6. The van der Waals surface area contributed by atoms with Crippen LogP contribution < -0.4 is 10.2 Å². The van der Waals surface area contributed by atoms with Gasteiger partial charge in [0.05, 0.1) is 5.52 Å². The molecule has 1 fully saturated rings. The third-order valence-corrected chi connectivity index (χ3v) is 5.62. The van der Waals surface area contributed by atoms with E-state index in [0.717, 1.165) is 68.0 Å². The van der Waals surface area contributed by atoms with Crippen molar-refractivity contribution in [2.75, 3.05) is 44.2 Å². The lowest BCUT2D eigenvalue weighted by molar-refractivity contribution is 0.0952. The molecule has 2 aromatic heterocycles. The van der Waals surface area contributed by atoms with E-state index in [2.05, 4.69) is 37.2 Å². The molecule has 156 valence electrons. The summed E-state index contributed by atoms with van der Waals surface area (Å²) in [5.41, 5.74) is 2.67. The minimum atomic E-state index is -0.0139. The first-order valence-corrected chi connectivity index (χ1v) is 10.7. The third-order valence-electron chi connectivity index (χ3n) is 5.62. The first-order valence-electron chi connectivity index (χ1n) is 10.7. The number of fused-ring (bicyclic) bond motifs is 1. The fourth-order valence-corrected chi connectivity index (χ4v) is 3.89. The van der Waals surface area contributed by atoms with Crippen molar-refractivity contribution >= 4 is 22.6 Å². The highest BCUT2D eigenvalue weighted by atomic mass is 16.1. The normalized spacial score (nSPS) is 14.8. The zero-order chi connectivity index (χ0) is 20.8. The maximum Gasteiger partial charge on any atom is 0.251 e. The number of unbranched alkanes of at least 4 members (excludes halogenated alkanes) is 1. The molecular formula is C24H29N5O. The predicted octanol–water partition coefficient (Wildman–Crippen LogP) is 3.27. The molecular weight excluding hydrogens is 374 g/mol. The van der Waals surface area contributed by atoms with E-state index in [1.807, 2.05) is 43.3 Å². The molecule has 0 aliphatic carbocycles. The second-order valence-electron chi connectivity index (χ2n) is 7.84. The lowest BCUT2D eigenvalue weighted by Gasteiger charge is -2.35. The van der Waals surface area contributed by atoms with Crippen LogP contribution in [0.5, 0.6) is 0 Å². The molecule has 1 aromatic carbocycles. The van der Waals surface area contributed by atoms with Gasteiger partial charge in [-0.1, -0.05) is 12.1 Å². The molecule has 0 atom stereocenters. The molecule has 1 aliphatic rings. The monoisotopic (exact) mass is 403 g/mol. The number of nitrogens with zero attached hydrogens (tertiary/aromatic N) is 4. The van der Waals surface area contributed by atoms with Gasteiger partial charge in [0.2, 0.25) is 0 Å². The molecule has 3 heterocycles. The van der Waals surface area contributed by atoms with Crippen LogP contribution in [0, 0.1) is 6.92 Å². The van der Waals surface area contributed by atoms with E-state index in [-0.39, 0.29) is 5.91 Å². The van der Waals surface area contributed by atoms with E-state index >= 15 is 0 Å². The van der Waals surface area contributed by atoms with Gasteiger partial charge in [0, 0.05) is 55.6 Å². The number of hydrogen-bond donors (Lipinski definition) is 1. The Morgan fingerprint density at radius 1 is 1.03 bits per heavy atom. The fourth-order valence-electron chi connectivity index (χ4n) is 3.89. The molecule has 0 radical (unpaired) electrons. The molecule has 1 amide bonds. The highest BCUT2D eigenvalue weighted by molar-refractivity contribution is 5.97. The number of aromatic nitrogens is 2. The van der Waals surface area contributed by atoms with Gasteiger partial charge >= 0.3 is 0 Å². The van der Waals surface area contributed by atoms with Gasteiger partial charge in [0.1, 0.15) is 5.82 Å². The second kappa shape index (κ2) is 9.67. The first-order chi connectivity index (χ1) is 14.7. The molecule has 0 bridgehead atoms. The highest BCUT2D eigenvalue weighted by Gasteiger charge is 2.17. The maximum absolute atomic E-state index is 12.4. The average molecular weight is 404 g/mol. The quantitative estimate of drug-likeness (QED) is 0.614. The number of hydrogen-bond acceptors (Lipinski definition) is 5. The van der Waals surface area contributed by atoms with Crippen molar-refractivity contribution in [3.63, 3.8) is 0 Å². The molecule has 6 heteroatoms. The standard InChI is InChI=1S/C24H29N5O/c1-19-6-4-8-23(27-19)29-16-14-28(15-17-29)13-3-2-11-26-24(30)21-9-10-22-20(18-21)7-5-12-25-22/h4-10,12,18H,2-3,11,13-17H2,1H3,(H,26,30). The number of piperazine rings is 1. The number of aryl methyl sites for hydroxylation is 1. The van der Waals surface area contributed by atoms with Gasteiger partial charge in [-0.15, -0.1) is 0 Å². The van der Waals surface area contributed by atoms with Crippen LogP contribution in [0.2, 0.25) is 0 Å². The summed E-state index contributed by atoms with van der Waals surface area (Å²) >= 11 is 0. The topological polar surface area (TPSA) is 61.4 Å². The predicted molar refractivity (Wildman–Crippen MR) is 121 cm³/mol. The van der Waals surface area contributed by atoms with Crippen molar-refractivity contribution in [1.29, 1.82) is 0 Å². The number of benzene rings is 1. The van der Waals surface area contributed by atoms with Crippen LogP contribution in [-0.2, 0) is 0 Å². The van der Waals surface area contributed by atoms with Gasteiger partial charge in [-0.05, 0) is 62.7 Å². The van der Waals surface area contributed by atoms with E-state index in [1.54, 1.807) is 6.20 Å². The lowest BCUT2D eigenvalue weighted by atomic mass is 10.1. The van der Waals surface area contributed by atoms with E-state index in [1.165, 1.54) is 0 Å². The summed E-state index contributed by atoms with van der Waals surface area (Å²) in [5, 5.41) is 4.03. The molecule has 3 aromatic rings. The number of carbonyl (C=O) groups excluding carboxylic acids is 1. The van der Waals surface area contributed by atoms with Gasteiger partial charge in [-0.25, -0.2) is 4.98 Å². The van der Waals surface area contributed by atoms with Crippen LogP contribution in [0.3, 0.4) is 0 Å². The van der Waals surface area contributed by atoms with Crippen LogP contribution in [0.4, 0.5) is 5.82 Å². The Hall–Kier alpha value is -2.99. The first kappa shape index (κ1) is 20.3. The largest absolute Gasteiger partial charge is 0.354 e. The van der Waals surface area contributed by atoms with Crippen LogP contribution in [-0.4, -0.2) is 60.0 Å². The Labute approximate surface area is 177 Å². The molecule has 30 heavy (non-hydrogen) atoms. The number of pyridine rings is 2. The Balaban J connectivity index is 1.15. The zero-order valence-electron chi connectivity index (χ0n) is 17.6. The van der Waals surface area contributed by atoms with Gasteiger partial charge in [-0.3, -0.25) is 14.7 Å². The van der Waals surface area contributed by atoms with Gasteiger partial charge < -0.3 is 10.2 Å². The van der Waals surface area contributed by atoms with Gasteiger partial charge in [0.25, 0.3) is 5.91 Å².